The quantitative estimate of drug-likeness (QED) is 0.174. The van der Waals surface area contributed by atoms with Crippen molar-refractivity contribution < 1.29 is 37.0 Å². The molecule has 0 radical (unpaired) electrons. The molecule has 0 fully saturated rings. The monoisotopic (exact) mass is 486 g/mol. The van der Waals surface area contributed by atoms with Gasteiger partial charge in [0.2, 0.25) is 0 Å². The van der Waals surface area contributed by atoms with Crippen LogP contribution in [0.15, 0.2) is 66.7 Å². The van der Waals surface area contributed by atoms with Gasteiger partial charge in [0.1, 0.15) is 29.4 Å². The number of halogens is 3. The van der Waals surface area contributed by atoms with Crippen LogP contribution in [0.4, 0.5) is 13.2 Å². The molecule has 0 amide bonds. The highest BCUT2D eigenvalue weighted by Gasteiger charge is 2.36. The van der Waals surface area contributed by atoms with E-state index in [2.05, 4.69) is 4.74 Å². The van der Waals surface area contributed by atoms with Crippen molar-refractivity contribution in [1.82, 2.24) is 0 Å². The third-order valence-electron chi connectivity index (χ3n) is 5.15. The average Bonchev–Trinajstić information content (AvgIpc) is 2.83. The average molecular weight is 486 g/mol. The van der Waals surface area contributed by atoms with E-state index in [1.165, 1.54) is 19.1 Å². The van der Waals surface area contributed by atoms with Gasteiger partial charge in [-0.2, -0.15) is 0 Å². The maximum atomic E-state index is 13.3. The van der Waals surface area contributed by atoms with Crippen LogP contribution in [-0.4, -0.2) is 18.1 Å². The van der Waals surface area contributed by atoms with Crippen molar-refractivity contribution in [3.8, 4) is 17.2 Å². The molecular formula is C27H25F3O5. The first-order valence-corrected chi connectivity index (χ1v) is 11.1. The van der Waals surface area contributed by atoms with Crippen molar-refractivity contribution in [3.05, 3.63) is 89.0 Å². The summed E-state index contributed by atoms with van der Waals surface area (Å²) in [6.07, 6.45) is -3.88. The zero-order valence-electron chi connectivity index (χ0n) is 19.4. The number of para-hydroxylation sites is 1. The number of esters is 1. The molecular weight excluding hydrogens is 461 g/mol. The van der Waals surface area contributed by atoms with Crippen molar-refractivity contribution in [2.24, 2.45) is 0 Å². The molecule has 5 nitrogen and oxygen atoms in total. The van der Waals surface area contributed by atoms with E-state index in [9.17, 15) is 22.8 Å². The van der Waals surface area contributed by atoms with Gasteiger partial charge >= 0.3 is 12.3 Å². The standard InChI is InChI=1S/C27H25F3O5/c1-3-4-15-22(31)21-16-23(33-17-19-11-7-5-8-12-19)24(18(2)25(21)35-27(28,29)30)26(32)34-20-13-9-6-10-14-20/h5-14,16H,3-4,15,17H2,1-2H3. The van der Waals surface area contributed by atoms with Crippen LogP contribution >= 0.6 is 0 Å². The molecule has 184 valence electrons. The Labute approximate surface area is 201 Å². The van der Waals surface area contributed by atoms with Gasteiger partial charge in [-0.15, -0.1) is 13.2 Å². The molecule has 35 heavy (non-hydrogen) atoms. The summed E-state index contributed by atoms with van der Waals surface area (Å²) in [7, 11) is 0. The largest absolute Gasteiger partial charge is 0.573 e. The molecule has 0 atom stereocenters. The number of benzene rings is 3. The molecule has 8 heteroatoms. The number of alkyl halides is 3. The molecule has 0 aliphatic heterocycles. The van der Waals surface area contributed by atoms with Gasteiger partial charge in [-0.3, -0.25) is 4.79 Å². The third-order valence-corrected chi connectivity index (χ3v) is 5.15. The van der Waals surface area contributed by atoms with Gasteiger partial charge in [-0.25, -0.2) is 4.79 Å². The summed E-state index contributed by atoms with van der Waals surface area (Å²) in [5, 5.41) is 0. The second-order valence-corrected chi connectivity index (χ2v) is 7.80. The SMILES string of the molecule is CCCCC(=O)c1cc(OCc2ccccc2)c(C(=O)Oc2ccccc2)c(C)c1OC(F)(F)F. The van der Waals surface area contributed by atoms with E-state index in [4.69, 9.17) is 9.47 Å². The summed E-state index contributed by atoms with van der Waals surface area (Å²) in [5.41, 5.74) is 0.0133. The van der Waals surface area contributed by atoms with Gasteiger partial charge < -0.3 is 14.2 Å². The van der Waals surface area contributed by atoms with Crippen LogP contribution in [0, 0.1) is 6.92 Å². The van der Waals surface area contributed by atoms with E-state index >= 15 is 0 Å². The summed E-state index contributed by atoms with van der Waals surface area (Å²) in [6.45, 7) is 3.16. The zero-order chi connectivity index (χ0) is 25.4. The van der Waals surface area contributed by atoms with Gasteiger partial charge in [0.05, 0.1) is 5.56 Å². The second kappa shape index (κ2) is 11.6. The molecule has 0 aromatic heterocycles. The first-order chi connectivity index (χ1) is 16.7. The highest BCUT2D eigenvalue weighted by Crippen LogP contribution is 2.39. The maximum absolute atomic E-state index is 13.3. The van der Waals surface area contributed by atoms with Crippen molar-refractivity contribution in [3.63, 3.8) is 0 Å². The van der Waals surface area contributed by atoms with E-state index in [1.54, 1.807) is 42.5 Å². The predicted octanol–water partition coefficient (Wildman–Crippen LogP) is 7.06. The van der Waals surface area contributed by atoms with E-state index in [-0.39, 0.29) is 41.2 Å². The first kappa shape index (κ1) is 25.8. The number of hydrogen-bond acceptors (Lipinski definition) is 5. The normalized spacial score (nSPS) is 11.1. The van der Waals surface area contributed by atoms with E-state index < -0.39 is 23.9 Å². The summed E-state index contributed by atoms with van der Waals surface area (Å²) in [5.74, 6) is -2.07. The van der Waals surface area contributed by atoms with E-state index in [0.717, 1.165) is 11.6 Å². The van der Waals surface area contributed by atoms with Crippen LogP contribution in [-0.2, 0) is 6.61 Å². The Bertz CT molecular complexity index is 1160. The van der Waals surface area contributed by atoms with Crippen molar-refractivity contribution in [2.75, 3.05) is 0 Å². The first-order valence-electron chi connectivity index (χ1n) is 11.1. The van der Waals surface area contributed by atoms with Gasteiger partial charge in [-0.1, -0.05) is 61.9 Å². The molecule has 0 spiro atoms. The van der Waals surface area contributed by atoms with Gasteiger partial charge in [0, 0.05) is 12.0 Å². The number of Topliss-reactive ketones (excluding diaryl/α,β-unsaturated/α-hetero) is 1. The van der Waals surface area contributed by atoms with Crippen LogP contribution in [0.1, 0.15) is 58.0 Å². The summed E-state index contributed by atoms with van der Waals surface area (Å²) < 4.78 is 55.3. The van der Waals surface area contributed by atoms with Gasteiger partial charge in [0.15, 0.2) is 5.78 Å². The minimum absolute atomic E-state index is 0.0218. The number of carbonyl (C=O) groups is 2. The van der Waals surface area contributed by atoms with Crippen LogP contribution in [0.25, 0.3) is 0 Å². The lowest BCUT2D eigenvalue weighted by atomic mass is 9.97. The predicted molar refractivity (Wildman–Crippen MR) is 124 cm³/mol. The molecule has 0 heterocycles. The molecule has 0 aliphatic carbocycles. The molecule has 3 aromatic rings. The number of ether oxygens (including phenoxy) is 3. The highest BCUT2D eigenvalue weighted by atomic mass is 19.4. The number of hydrogen-bond donors (Lipinski definition) is 0. The Morgan fingerprint density at radius 2 is 1.57 bits per heavy atom. The number of unbranched alkanes of at least 4 members (excludes halogenated alkanes) is 1. The third kappa shape index (κ3) is 7.09. The molecule has 0 saturated heterocycles. The van der Waals surface area contributed by atoms with E-state index in [0.29, 0.717) is 12.8 Å². The minimum atomic E-state index is -5.07. The van der Waals surface area contributed by atoms with Gasteiger partial charge in [0.25, 0.3) is 0 Å². The second-order valence-electron chi connectivity index (χ2n) is 7.80. The molecule has 0 aliphatic rings. The fraction of sp³-hybridized carbons (Fsp3) is 0.259. The molecule has 3 rings (SSSR count). The molecule has 0 unspecified atom stereocenters. The molecule has 3 aromatic carbocycles. The van der Waals surface area contributed by atoms with Crippen molar-refractivity contribution >= 4 is 11.8 Å². The Hall–Kier alpha value is -3.81. The Balaban J connectivity index is 2.11. The Morgan fingerprint density at radius 3 is 2.17 bits per heavy atom. The topological polar surface area (TPSA) is 61.8 Å². The number of ketones is 1. The zero-order valence-corrected chi connectivity index (χ0v) is 19.4. The highest BCUT2D eigenvalue weighted by molar-refractivity contribution is 6.03. The van der Waals surface area contributed by atoms with Crippen LogP contribution < -0.4 is 14.2 Å². The minimum Gasteiger partial charge on any atom is -0.488 e. The Morgan fingerprint density at radius 1 is 0.943 bits per heavy atom. The molecule has 0 bridgehead atoms. The number of carbonyl (C=O) groups excluding carboxylic acids is 2. The Kier molecular flexibility index (Phi) is 8.52. The van der Waals surface area contributed by atoms with E-state index in [1.807, 2.05) is 13.0 Å². The van der Waals surface area contributed by atoms with Crippen LogP contribution in [0.5, 0.6) is 17.2 Å². The summed E-state index contributed by atoms with van der Waals surface area (Å²) in [4.78, 5) is 26.0. The molecule has 0 saturated carbocycles. The number of rotatable bonds is 10. The lowest BCUT2D eigenvalue weighted by molar-refractivity contribution is -0.275. The van der Waals surface area contributed by atoms with Gasteiger partial charge in [-0.05, 0) is 37.1 Å². The fourth-order valence-corrected chi connectivity index (χ4v) is 3.44. The lowest BCUT2D eigenvalue weighted by Crippen LogP contribution is -2.22. The van der Waals surface area contributed by atoms with Crippen molar-refractivity contribution in [2.45, 2.75) is 46.1 Å². The fourth-order valence-electron chi connectivity index (χ4n) is 3.44. The van der Waals surface area contributed by atoms with Crippen LogP contribution in [0.3, 0.4) is 0 Å². The smallest absolute Gasteiger partial charge is 0.488 e. The van der Waals surface area contributed by atoms with Crippen molar-refractivity contribution in [1.29, 1.82) is 0 Å². The van der Waals surface area contributed by atoms with Crippen LogP contribution in [0.2, 0.25) is 0 Å². The maximum Gasteiger partial charge on any atom is 0.573 e. The lowest BCUT2D eigenvalue weighted by Gasteiger charge is -2.20. The molecule has 0 N–H and O–H groups in total. The summed E-state index contributed by atoms with van der Waals surface area (Å²) >= 11 is 0. The summed E-state index contributed by atoms with van der Waals surface area (Å²) in [6, 6.07) is 18.2.